The molecule has 0 radical (unpaired) electrons. The van der Waals surface area contributed by atoms with Crippen molar-refractivity contribution in [3.05, 3.63) is 29.3 Å². The van der Waals surface area contributed by atoms with Crippen LogP contribution in [0.2, 0.25) is 0 Å². The number of hydrogen-bond acceptors (Lipinski definition) is 3. The van der Waals surface area contributed by atoms with Crippen LogP contribution in [0.3, 0.4) is 0 Å². The van der Waals surface area contributed by atoms with E-state index in [9.17, 15) is 0 Å². The maximum atomic E-state index is 5.92. The van der Waals surface area contributed by atoms with Crippen molar-refractivity contribution in [2.24, 2.45) is 11.5 Å². The van der Waals surface area contributed by atoms with Gasteiger partial charge in [-0.15, -0.1) is 0 Å². The average Bonchev–Trinajstić information content (AvgIpc) is 2.26. The molecule has 0 aliphatic carbocycles. The Kier molecular flexibility index (Phi) is 2.91. The highest BCUT2D eigenvalue weighted by Gasteiger charge is 2.26. The Hall–Kier alpha value is -1.06. The van der Waals surface area contributed by atoms with Gasteiger partial charge >= 0.3 is 0 Å². The summed E-state index contributed by atoms with van der Waals surface area (Å²) in [5.41, 5.74) is 13.8. The van der Waals surface area contributed by atoms with Crippen LogP contribution in [-0.2, 0) is 6.42 Å². The summed E-state index contributed by atoms with van der Waals surface area (Å²) in [6, 6.07) is 6.08. The number of rotatable bonds is 2. The Balaban J connectivity index is 2.28. The first-order valence-corrected chi connectivity index (χ1v) is 5.79. The van der Waals surface area contributed by atoms with Gasteiger partial charge in [0.05, 0.1) is 0 Å². The van der Waals surface area contributed by atoms with Crippen LogP contribution < -0.4 is 16.2 Å². The van der Waals surface area contributed by atoms with Crippen molar-refractivity contribution < 1.29 is 4.74 Å². The zero-order valence-electron chi connectivity index (χ0n) is 9.99. The van der Waals surface area contributed by atoms with E-state index in [0.717, 1.165) is 24.2 Å². The monoisotopic (exact) mass is 220 g/mol. The van der Waals surface area contributed by atoms with E-state index < -0.39 is 0 Å². The number of fused-ring (bicyclic) bond motifs is 1. The molecule has 1 aromatic carbocycles. The minimum absolute atomic E-state index is 0.0511. The maximum Gasteiger partial charge on any atom is 0.123 e. The standard InChI is InChI=1S/C13H20N2O/c1-13(2)6-5-10-7-9(11(15)8-14)3-4-12(10)16-13/h3-4,7,11H,5-6,8,14-15H2,1-2H3. The molecular weight excluding hydrogens is 200 g/mol. The summed E-state index contributed by atoms with van der Waals surface area (Å²) < 4.78 is 5.92. The van der Waals surface area contributed by atoms with E-state index in [2.05, 4.69) is 19.9 Å². The second kappa shape index (κ2) is 4.07. The van der Waals surface area contributed by atoms with Crippen molar-refractivity contribution in [2.75, 3.05) is 6.54 Å². The lowest BCUT2D eigenvalue weighted by molar-refractivity contribution is 0.0846. The predicted octanol–water partition coefficient (Wildman–Crippen LogP) is 1.75. The largest absolute Gasteiger partial charge is 0.488 e. The molecule has 0 saturated carbocycles. The van der Waals surface area contributed by atoms with E-state index in [1.807, 2.05) is 12.1 Å². The van der Waals surface area contributed by atoms with Gasteiger partial charge < -0.3 is 16.2 Å². The van der Waals surface area contributed by atoms with Gasteiger partial charge in [0.2, 0.25) is 0 Å². The second-order valence-corrected chi connectivity index (χ2v) is 5.07. The normalized spacial score (nSPS) is 19.8. The summed E-state index contributed by atoms with van der Waals surface area (Å²) in [5, 5.41) is 0. The Bertz CT molecular complexity index is 388. The van der Waals surface area contributed by atoms with Crippen LogP contribution in [0.5, 0.6) is 5.75 Å². The maximum absolute atomic E-state index is 5.92. The van der Waals surface area contributed by atoms with Crippen LogP contribution >= 0.6 is 0 Å². The Morgan fingerprint density at radius 2 is 2.19 bits per heavy atom. The molecule has 0 spiro atoms. The van der Waals surface area contributed by atoms with E-state index in [-0.39, 0.29) is 11.6 Å². The molecule has 1 aliphatic rings. The van der Waals surface area contributed by atoms with E-state index in [0.29, 0.717) is 6.54 Å². The molecule has 1 aliphatic heterocycles. The molecule has 1 unspecified atom stereocenters. The molecule has 4 N–H and O–H groups in total. The van der Waals surface area contributed by atoms with Gasteiger partial charge in [-0.3, -0.25) is 0 Å². The Labute approximate surface area is 96.8 Å². The van der Waals surface area contributed by atoms with Gasteiger partial charge in [0.25, 0.3) is 0 Å². The third kappa shape index (κ3) is 2.20. The smallest absolute Gasteiger partial charge is 0.123 e. The summed E-state index contributed by atoms with van der Waals surface area (Å²) >= 11 is 0. The van der Waals surface area contributed by atoms with Crippen molar-refractivity contribution in [1.82, 2.24) is 0 Å². The topological polar surface area (TPSA) is 61.3 Å². The molecule has 88 valence electrons. The molecule has 0 saturated heterocycles. The Morgan fingerprint density at radius 1 is 1.44 bits per heavy atom. The first-order chi connectivity index (χ1) is 7.52. The third-order valence-corrected chi connectivity index (χ3v) is 3.15. The van der Waals surface area contributed by atoms with Crippen molar-refractivity contribution in [2.45, 2.75) is 38.3 Å². The second-order valence-electron chi connectivity index (χ2n) is 5.07. The zero-order valence-corrected chi connectivity index (χ0v) is 9.99. The molecule has 0 fully saturated rings. The van der Waals surface area contributed by atoms with Crippen LogP contribution in [0.15, 0.2) is 18.2 Å². The zero-order chi connectivity index (χ0) is 11.8. The Morgan fingerprint density at radius 3 is 2.88 bits per heavy atom. The first kappa shape index (κ1) is 11.4. The molecule has 1 aromatic rings. The lowest BCUT2D eigenvalue weighted by Crippen LogP contribution is -2.32. The number of nitrogens with two attached hydrogens (primary N) is 2. The van der Waals surface area contributed by atoms with Gasteiger partial charge in [-0.2, -0.15) is 0 Å². The lowest BCUT2D eigenvalue weighted by atomic mass is 9.92. The van der Waals surface area contributed by atoms with Crippen LogP contribution in [0.4, 0.5) is 0 Å². The summed E-state index contributed by atoms with van der Waals surface area (Å²) in [5.74, 6) is 0.990. The molecule has 0 bridgehead atoms. The number of benzene rings is 1. The van der Waals surface area contributed by atoms with E-state index in [1.165, 1.54) is 5.56 Å². The SMILES string of the molecule is CC1(C)CCc2cc(C(N)CN)ccc2O1. The van der Waals surface area contributed by atoms with Gasteiger partial charge in [-0.25, -0.2) is 0 Å². The minimum atomic E-state index is -0.0692. The van der Waals surface area contributed by atoms with Crippen molar-refractivity contribution in [3.8, 4) is 5.75 Å². The average molecular weight is 220 g/mol. The minimum Gasteiger partial charge on any atom is -0.488 e. The van der Waals surface area contributed by atoms with Gasteiger partial charge in [-0.1, -0.05) is 12.1 Å². The molecule has 0 aromatic heterocycles. The summed E-state index contributed by atoms with van der Waals surface area (Å²) in [6.45, 7) is 4.72. The third-order valence-electron chi connectivity index (χ3n) is 3.15. The van der Waals surface area contributed by atoms with Gasteiger partial charge in [0.1, 0.15) is 11.4 Å². The van der Waals surface area contributed by atoms with Crippen LogP contribution in [0.25, 0.3) is 0 Å². The van der Waals surface area contributed by atoms with Crippen LogP contribution in [0.1, 0.15) is 37.4 Å². The molecule has 3 heteroatoms. The van der Waals surface area contributed by atoms with E-state index >= 15 is 0 Å². The molecule has 1 atom stereocenters. The molecule has 1 heterocycles. The fraction of sp³-hybridized carbons (Fsp3) is 0.538. The highest BCUT2D eigenvalue weighted by atomic mass is 16.5. The number of aryl methyl sites for hydroxylation is 1. The van der Waals surface area contributed by atoms with Crippen molar-refractivity contribution in [3.63, 3.8) is 0 Å². The molecule has 0 amide bonds. The highest BCUT2D eigenvalue weighted by molar-refractivity contribution is 5.40. The van der Waals surface area contributed by atoms with Crippen molar-refractivity contribution in [1.29, 1.82) is 0 Å². The van der Waals surface area contributed by atoms with Crippen LogP contribution in [-0.4, -0.2) is 12.1 Å². The molecular formula is C13H20N2O. The molecule has 3 nitrogen and oxygen atoms in total. The molecule has 16 heavy (non-hydrogen) atoms. The van der Waals surface area contributed by atoms with E-state index in [4.69, 9.17) is 16.2 Å². The van der Waals surface area contributed by atoms with Gasteiger partial charge in [0, 0.05) is 12.6 Å². The van der Waals surface area contributed by atoms with E-state index in [1.54, 1.807) is 0 Å². The first-order valence-electron chi connectivity index (χ1n) is 5.79. The number of ether oxygens (including phenoxy) is 1. The lowest BCUT2D eigenvalue weighted by Gasteiger charge is -2.33. The van der Waals surface area contributed by atoms with Crippen molar-refractivity contribution >= 4 is 0 Å². The summed E-state index contributed by atoms with van der Waals surface area (Å²) in [7, 11) is 0. The number of hydrogen-bond donors (Lipinski definition) is 2. The predicted molar refractivity (Wildman–Crippen MR) is 65.5 cm³/mol. The summed E-state index contributed by atoms with van der Waals surface area (Å²) in [4.78, 5) is 0. The molecule has 2 rings (SSSR count). The summed E-state index contributed by atoms with van der Waals surface area (Å²) in [6.07, 6.45) is 2.09. The van der Waals surface area contributed by atoms with Gasteiger partial charge in [-0.05, 0) is 43.9 Å². The fourth-order valence-electron chi connectivity index (χ4n) is 2.05. The van der Waals surface area contributed by atoms with Crippen LogP contribution in [0, 0.1) is 0 Å². The highest BCUT2D eigenvalue weighted by Crippen LogP contribution is 2.34. The quantitative estimate of drug-likeness (QED) is 0.798. The van der Waals surface area contributed by atoms with Gasteiger partial charge in [0.15, 0.2) is 0 Å². The fourth-order valence-corrected chi connectivity index (χ4v) is 2.05.